The van der Waals surface area contributed by atoms with Crippen LogP contribution < -0.4 is 10.5 Å². The number of benzene rings is 1. The van der Waals surface area contributed by atoms with Crippen LogP contribution in [-0.2, 0) is 0 Å². The molecule has 1 aromatic carbocycles. The Morgan fingerprint density at radius 2 is 2.20 bits per heavy atom. The molecule has 0 aliphatic rings. The Kier molecular flexibility index (Phi) is 3.61. The average Bonchev–Trinajstić information content (AvgIpc) is 2.90. The van der Waals surface area contributed by atoms with Crippen LogP contribution in [0.1, 0.15) is 10.6 Å². The molecule has 0 bridgehead atoms. The maximum absolute atomic E-state index is 13.9. The van der Waals surface area contributed by atoms with E-state index < -0.39 is 24.1 Å². The molecule has 0 radical (unpaired) electrons. The van der Waals surface area contributed by atoms with Gasteiger partial charge in [0.2, 0.25) is 5.82 Å². The molecule has 20 heavy (non-hydrogen) atoms. The van der Waals surface area contributed by atoms with Crippen molar-refractivity contribution in [2.24, 2.45) is 5.73 Å². The van der Waals surface area contributed by atoms with E-state index in [2.05, 4.69) is 9.97 Å². The molecule has 0 fully saturated rings. The van der Waals surface area contributed by atoms with Gasteiger partial charge in [-0.15, -0.1) is 0 Å². The quantitative estimate of drug-likeness (QED) is 0.880. The first-order valence-electron chi connectivity index (χ1n) is 5.37. The van der Waals surface area contributed by atoms with Crippen molar-refractivity contribution in [2.45, 2.75) is 0 Å². The number of nitrogens with two attached hydrogens (primary N) is 1. The molecular formula is C12H8F2N4O2. The van der Waals surface area contributed by atoms with E-state index in [-0.39, 0.29) is 22.8 Å². The van der Waals surface area contributed by atoms with Crippen molar-refractivity contribution < 1.29 is 18.3 Å². The molecule has 2 aromatic rings. The molecule has 8 heteroatoms. The summed E-state index contributed by atoms with van der Waals surface area (Å²) in [6.07, 6.45) is 1.16. The first kappa shape index (κ1) is 13.5. The lowest BCUT2D eigenvalue weighted by molar-refractivity contribution is 0.0991. The molecule has 0 atom stereocenters. The summed E-state index contributed by atoms with van der Waals surface area (Å²) < 4.78 is 32.3. The van der Waals surface area contributed by atoms with Gasteiger partial charge in [-0.3, -0.25) is 4.79 Å². The summed E-state index contributed by atoms with van der Waals surface area (Å²) >= 11 is 0. The van der Waals surface area contributed by atoms with Crippen LogP contribution >= 0.6 is 0 Å². The number of halogens is 2. The van der Waals surface area contributed by atoms with Gasteiger partial charge in [-0.1, -0.05) is 0 Å². The molecule has 1 heterocycles. The lowest BCUT2D eigenvalue weighted by Crippen LogP contribution is -2.12. The van der Waals surface area contributed by atoms with E-state index in [0.29, 0.717) is 0 Å². The van der Waals surface area contributed by atoms with Gasteiger partial charge in [0.15, 0.2) is 24.0 Å². The van der Waals surface area contributed by atoms with Crippen molar-refractivity contribution in [3.63, 3.8) is 0 Å². The third kappa shape index (κ3) is 2.42. The smallest absolute Gasteiger partial charge is 0.284 e. The molecule has 0 spiro atoms. The van der Waals surface area contributed by atoms with Gasteiger partial charge in [0.05, 0.1) is 11.9 Å². The minimum Gasteiger partial charge on any atom is -0.476 e. The van der Waals surface area contributed by atoms with Gasteiger partial charge in [-0.25, -0.2) is 9.37 Å². The zero-order valence-corrected chi connectivity index (χ0v) is 9.98. The molecule has 0 saturated heterocycles. The minimum absolute atomic E-state index is 0.0991. The highest BCUT2D eigenvalue weighted by molar-refractivity contribution is 5.89. The Morgan fingerprint density at radius 1 is 1.45 bits per heavy atom. The van der Waals surface area contributed by atoms with Crippen molar-refractivity contribution in [3.05, 3.63) is 35.8 Å². The van der Waals surface area contributed by atoms with Gasteiger partial charge in [-0.05, 0) is 12.1 Å². The highest BCUT2D eigenvalue weighted by Gasteiger charge is 2.18. The van der Waals surface area contributed by atoms with E-state index in [9.17, 15) is 13.6 Å². The van der Waals surface area contributed by atoms with E-state index in [4.69, 9.17) is 15.7 Å². The zero-order valence-electron chi connectivity index (χ0n) is 9.98. The number of carbonyl (C=O) groups is 1. The van der Waals surface area contributed by atoms with Crippen molar-refractivity contribution in [2.75, 3.05) is 6.61 Å². The Balaban J connectivity index is 2.40. The lowest BCUT2D eigenvalue weighted by atomic mass is 10.1. The first-order valence-corrected chi connectivity index (χ1v) is 5.37. The molecule has 1 amide bonds. The van der Waals surface area contributed by atoms with Crippen LogP contribution in [0.25, 0.3) is 11.3 Å². The molecule has 0 unspecified atom stereocenters. The number of rotatable bonds is 4. The van der Waals surface area contributed by atoms with Crippen LogP contribution in [0.15, 0.2) is 18.3 Å². The molecular weight excluding hydrogens is 270 g/mol. The number of hydrogen-bond donors (Lipinski definition) is 2. The monoisotopic (exact) mass is 278 g/mol. The second-order valence-electron chi connectivity index (χ2n) is 3.70. The predicted octanol–water partition coefficient (Wildman–Crippen LogP) is 1.36. The molecule has 102 valence electrons. The number of nitriles is 1. The SMILES string of the molecule is N#CCOc1ccc(-c2cnc(C(N)=O)[nH]2)c(F)c1F. The number of H-pyrrole nitrogens is 1. The van der Waals surface area contributed by atoms with Crippen LogP contribution in [0.3, 0.4) is 0 Å². The summed E-state index contributed by atoms with van der Waals surface area (Å²) in [5, 5.41) is 8.33. The number of primary amides is 1. The molecule has 1 aromatic heterocycles. The Morgan fingerprint density at radius 3 is 2.80 bits per heavy atom. The summed E-state index contributed by atoms with van der Waals surface area (Å²) in [5.41, 5.74) is 4.97. The number of ether oxygens (including phenoxy) is 1. The van der Waals surface area contributed by atoms with Gasteiger partial charge in [0, 0.05) is 5.56 Å². The molecule has 2 rings (SSSR count). The Labute approximate surface area is 111 Å². The molecule has 0 saturated carbocycles. The second-order valence-corrected chi connectivity index (χ2v) is 3.70. The van der Waals surface area contributed by atoms with Gasteiger partial charge in [0.25, 0.3) is 5.91 Å². The predicted molar refractivity (Wildman–Crippen MR) is 63.6 cm³/mol. The summed E-state index contributed by atoms with van der Waals surface area (Å²) in [5.74, 6) is -3.76. The van der Waals surface area contributed by atoms with Crippen LogP contribution in [-0.4, -0.2) is 22.5 Å². The number of imidazole rings is 1. The highest BCUT2D eigenvalue weighted by atomic mass is 19.2. The lowest BCUT2D eigenvalue weighted by Gasteiger charge is -2.06. The fourth-order valence-electron chi connectivity index (χ4n) is 1.54. The fraction of sp³-hybridized carbons (Fsp3) is 0.0833. The van der Waals surface area contributed by atoms with Crippen molar-refractivity contribution in [1.29, 1.82) is 5.26 Å². The van der Waals surface area contributed by atoms with Crippen LogP contribution in [0, 0.1) is 23.0 Å². The number of nitrogens with one attached hydrogen (secondary N) is 1. The largest absolute Gasteiger partial charge is 0.476 e. The standard InChI is InChI=1S/C12H8F2N4O2/c13-9-6(7-5-17-12(18-7)11(16)19)1-2-8(10(9)14)20-4-3-15/h1-2,5H,4H2,(H2,16,19)(H,17,18). The number of aromatic amines is 1. The molecule has 6 nitrogen and oxygen atoms in total. The van der Waals surface area contributed by atoms with E-state index in [1.54, 1.807) is 6.07 Å². The van der Waals surface area contributed by atoms with Crippen molar-refractivity contribution >= 4 is 5.91 Å². The molecule has 0 aliphatic heterocycles. The van der Waals surface area contributed by atoms with E-state index in [0.717, 1.165) is 6.20 Å². The average molecular weight is 278 g/mol. The second kappa shape index (κ2) is 5.36. The van der Waals surface area contributed by atoms with Gasteiger partial charge in [0.1, 0.15) is 6.07 Å². The third-order valence-electron chi connectivity index (χ3n) is 2.44. The van der Waals surface area contributed by atoms with Crippen LogP contribution in [0.2, 0.25) is 0 Å². The highest BCUT2D eigenvalue weighted by Crippen LogP contribution is 2.28. The van der Waals surface area contributed by atoms with Gasteiger partial charge in [-0.2, -0.15) is 9.65 Å². The van der Waals surface area contributed by atoms with Crippen LogP contribution in [0.4, 0.5) is 8.78 Å². The minimum atomic E-state index is -1.23. The number of hydrogen-bond acceptors (Lipinski definition) is 4. The fourth-order valence-corrected chi connectivity index (χ4v) is 1.54. The van der Waals surface area contributed by atoms with E-state index >= 15 is 0 Å². The molecule has 3 N–H and O–H groups in total. The Bertz CT molecular complexity index is 706. The van der Waals surface area contributed by atoms with E-state index in [1.165, 1.54) is 12.1 Å². The van der Waals surface area contributed by atoms with Crippen LogP contribution in [0.5, 0.6) is 5.75 Å². The maximum Gasteiger partial charge on any atom is 0.284 e. The topological polar surface area (TPSA) is 105 Å². The number of amides is 1. The van der Waals surface area contributed by atoms with Crippen molar-refractivity contribution in [3.8, 4) is 23.1 Å². The summed E-state index contributed by atoms with van der Waals surface area (Å²) in [7, 11) is 0. The number of carbonyl (C=O) groups excluding carboxylic acids is 1. The summed E-state index contributed by atoms with van der Waals surface area (Å²) in [6.45, 7) is -0.397. The third-order valence-corrected chi connectivity index (χ3v) is 2.44. The van der Waals surface area contributed by atoms with Crippen molar-refractivity contribution in [1.82, 2.24) is 9.97 Å². The maximum atomic E-state index is 13.9. The zero-order chi connectivity index (χ0) is 14.7. The normalized spacial score (nSPS) is 10.1. The number of aromatic nitrogens is 2. The van der Waals surface area contributed by atoms with E-state index in [1.807, 2.05) is 0 Å². The summed E-state index contributed by atoms with van der Waals surface area (Å²) in [4.78, 5) is 17.0. The van der Waals surface area contributed by atoms with Gasteiger partial charge >= 0.3 is 0 Å². The Hall–Kier alpha value is -2.95. The molecule has 0 aliphatic carbocycles. The summed E-state index contributed by atoms with van der Waals surface area (Å²) in [6, 6.07) is 4.06. The first-order chi connectivity index (χ1) is 9.54. The van der Waals surface area contributed by atoms with Gasteiger partial charge < -0.3 is 15.5 Å². The number of nitrogens with zero attached hydrogens (tertiary/aromatic N) is 2.